The first kappa shape index (κ1) is 16.4. The Morgan fingerprint density at radius 3 is 2.52 bits per heavy atom. The highest BCUT2D eigenvalue weighted by molar-refractivity contribution is 6.06. The van der Waals surface area contributed by atoms with E-state index in [0.29, 0.717) is 11.3 Å². The molecule has 0 atom stereocenters. The quantitative estimate of drug-likeness (QED) is 0.677. The van der Waals surface area contributed by atoms with Gasteiger partial charge in [0.2, 0.25) is 5.91 Å². The number of ether oxygens (including phenoxy) is 1. The summed E-state index contributed by atoms with van der Waals surface area (Å²) in [4.78, 5) is 23.8. The zero-order valence-corrected chi connectivity index (χ0v) is 12.6. The molecule has 0 spiro atoms. The Hall–Kier alpha value is -2.95. The number of hydrogen-bond acceptors (Lipinski definition) is 3. The lowest BCUT2D eigenvalue weighted by molar-refractivity contribution is -0.111. The molecule has 0 aromatic heterocycles. The Balaban J connectivity index is 2.08. The predicted molar refractivity (Wildman–Crippen MR) is 86.5 cm³/mol. The summed E-state index contributed by atoms with van der Waals surface area (Å²) in [5.74, 6) is -1.23. The second-order valence-corrected chi connectivity index (χ2v) is 4.64. The van der Waals surface area contributed by atoms with Gasteiger partial charge in [0.25, 0.3) is 0 Å². The molecular weight excluding hydrogens is 297 g/mol. The van der Waals surface area contributed by atoms with E-state index in [1.54, 1.807) is 49.4 Å². The van der Waals surface area contributed by atoms with Crippen LogP contribution in [0.15, 0.2) is 54.6 Å². The molecular formula is C18H16FNO3. The SMILES string of the molecule is CCOC(=O)c1ccccc1NC(=O)C=Cc1ccc(F)cc1. The second kappa shape index (κ2) is 7.89. The molecule has 0 fully saturated rings. The van der Waals surface area contributed by atoms with Gasteiger partial charge >= 0.3 is 5.97 Å². The number of nitrogens with one attached hydrogen (secondary N) is 1. The maximum absolute atomic E-state index is 12.8. The van der Waals surface area contributed by atoms with Crippen LogP contribution >= 0.6 is 0 Å². The van der Waals surface area contributed by atoms with E-state index >= 15 is 0 Å². The fourth-order valence-electron chi connectivity index (χ4n) is 1.90. The van der Waals surface area contributed by atoms with Crippen LogP contribution in [0.2, 0.25) is 0 Å². The molecule has 23 heavy (non-hydrogen) atoms. The van der Waals surface area contributed by atoms with Gasteiger partial charge in [-0.3, -0.25) is 4.79 Å². The lowest BCUT2D eigenvalue weighted by Crippen LogP contribution is -2.13. The number of benzene rings is 2. The Morgan fingerprint density at radius 2 is 1.83 bits per heavy atom. The number of esters is 1. The molecule has 0 aliphatic heterocycles. The summed E-state index contributed by atoms with van der Waals surface area (Å²) in [6, 6.07) is 12.4. The molecule has 0 aliphatic carbocycles. The average molecular weight is 313 g/mol. The van der Waals surface area contributed by atoms with Crippen LogP contribution in [-0.2, 0) is 9.53 Å². The molecule has 4 nitrogen and oxygen atoms in total. The van der Waals surface area contributed by atoms with Crippen molar-refractivity contribution in [3.05, 3.63) is 71.6 Å². The van der Waals surface area contributed by atoms with Crippen LogP contribution in [0.25, 0.3) is 6.08 Å². The van der Waals surface area contributed by atoms with E-state index in [9.17, 15) is 14.0 Å². The maximum atomic E-state index is 12.8. The molecule has 0 bridgehead atoms. The van der Waals surface area contributed by atoms with Gasteiger partial charge in [0.1, 0.15) is 5.82 Å². The molecule has 0 unspecified atom stereocenters. The number of para-hydroxylation sites is 1. The highest BCUT2D eigenvalue weighted by atomic mass is 19.1. The van der Waals surface area contributed by atoms with Crippen LogP contribution < -0.4 is 5.32 Å². The first-order valence-electron chi connectivity index (χ1n) is 7.11. The third kappa shape index (κ3) is 4.78. The van der Waals surface area contributed by atoms with Gasteiger partial charge in [-0.1, -0.05) is 24.3 Å². The van der Waals surface area contributed by atoms with Crippen molar-refractivity contribution in [2.75, 3.05) is 11.9 Å². The van der Waals surface area contributed by atoms with Crippen LogP contribution in [0.5, 0.6) is 0 Å². The van der Waals surface area contributed by atoms with Crippen LogP contribution in [0.1, 0.15) is 22.8 Å². The minimum absolute atomic E-state index is 0.256. The molecule has 2 aromatic carbocycles. The van der Waals surface area contributed by atoms with Crippen molar-refractivity contribution < 1.29 is 18.7 Å². The number of carbonyl (C=O) groups is 2. The van der Waals surface area contributed by atoms with Gasteiger partial charge in [0, 0.05) is 6.08 Å². The van der Waals surface area contributed by atoms with E-state index < -0.39 is 11.9 Å². The summed E-state index contributed by atoms with van der Waals surface area (Å²) >= 11 is 0. The normalized spacial score (nSPS) is 10.5. The fourth-order valence-corrected chi connectivity index (χ4v) is 1.90. The van der Waals surface area contributed by atoms with Crippen molar-refractivity contribution >= 4 is 23.6 Å². The van der Waals surface area contributed by atoms with Crippen LogP contribution in [0.4, 0.5) is 10.1 Å². The van der Waals surface area contributed by atoms with E-state index in [1.165, 1.54) is 18.2 Å². The predicted octanol–water partition coefficient (Wildman–Crippen LogP) is 3.65. The lowest BCUT2D eigenvalue weighted by Gasteiger charge is -2.08. The van der Waals surface area contributed by atoms with E-state index in [1.807, 2.05) is 0 Å². The van der Waals surface area contributed by atoms with Gasteiger partial charge in [-0.25, -0.2) is 9.18 Å². The smallest absolute Gasteiger partial charge is 0.340 e. The molecule has 0 saturated heterocycles. The molecule has 2 aromatic rings. The van der Waals surface area contributed by atoms with Crippen molar-refractivity contribution in [3.8, 4) is 0 Å². The van der Waals surface area contributed by atoms with Crippen LogP contribution in [0, 0.1) is 5.82 Å². The van der Waals surface area contributed by atoms with Crippen molar-refractivity contribution in [1.82, 2.24) is 0 Å². The zero-order valence-electron chi connectivity index (χ0n) is 12.6. The molecule has 1 N–H and O–H groups in total. The first-order chi connectivity index (χ1) is 11.1. The summed E-state index contributed by atoms with van der Waals surface area (Å²) in [6.45, 7) is 1.97. The Kier molecular flexibility index (Phi) is 5.63. The van der Waals surface area contributed by atoms with Gasteiger partial charge in [0.15, 0.2) is 0 Å². The average Bonchev–Trinajstić information content (AvgIpc) is 2.55. The van der Waals surface area contributed by atoms with E-state index in [2.05, 4.69) is 5.32 Å². The molecule has 0 radical (unpaired) electrons. The Labute approximate surface area is 133 Å². The highest BCUT2D eigenvalue weighted by Gasteiger charge is 2.12. The minimum atomic E-state index is -0.495. The fraction of sp³-hybridized carbons (Fsp3) is 0.111. The van der Waals surface area contributed by atoms with Crippen molar-refractivity contribution in [2.45, 2.75) is 6.92 Å². The Bertz CT molecular complexity index is 723. The number of amides is 1. The third-order valence-corrected chi connectivity index (χ3v) is 2.98. The summed E-state index contributed by atoms with van der Waals surface area (Å²) < 4.78 is 17.8. The molecule has 2 rings (SSSR count). The zero-order chi connectivity index (χ0) is 16.7. The first-order valence-corrected chi connectivity index (χ1v) is 7.11. The highest BCUT2D eigenvalue weighted by Crippen LogP contribution is 2.16. The number of carbonyl (C=O) groups excluding carboxylic acids is 2. The molecule has 1 amide bonds. The number of halogens is 1. The molecule has 0 saturated carbocycles. The third-order valence-electron chi connectivity index (χ3n) is 2.98. The van der Waals surface area contributed by atoms with Crippen molar-refractivity contribution in [2.24, 2.45) is 0 Å². The number of anilines is 1. The van der Waals surface area contributed by atoms with E-state index in [0.717, 1.165) is 0 Å². The second-order valence-electron chi connectivity index (χ2n) is 4.64. The van der Waals surface area contributed by atoms with Gasteiger partial charge in [-0.2, -0.15) is 0 Å². The molecule has 118 valence electrons. The van der Waals surface area contributed by atoms with Gasteiger partial charge < -0.3 is 10.1 Å². The molecule has 0 heterocycles. The lowest BCUT2D eigenvalue weighted by atomic mass is 10.1. The summed E-state index contributed by atoms with van der Waals surface area (Å²) in [7, 11) is 0. The number of hydrogen-bond donors (Lipinski definition) is 1. The standard InChI is InChI=1S/C18H16FNO3/c1-2-23-18(22)15-5-3-4-6-16(15)20-17(21)12-9-13-7-10-14(19)11-8-13/h3-12H,2H2,1H3,(H,20,21). The van der Waals surface area contributed by atoms with Crippen molar-refractivity contribution in [1.29, 1.82) is 0 Å². The molecule has 0 aliphatic rings. The summed E-state index contributed by atoms with van der Waals surface area (Å²) in [5, 5.41) is 2.63. The summed E-state index contributed by atoms with van der Waals surface area (Å²) in [6.07, 6.45) is 2.87. The maximum Gasteiger partial charge on any atom is 0.340 e. The summed E-state index contributed by atoms with van der Waals surface area (Å²) in [5.41, 5.74) is 1.36. The largest absolute Gasteiger partial charge is 0.462 e. The Morgan fingerprint density at radius 1 is 1.13 bits per heavy atom. The molecule has 5 heteroatoms. The van der Waals surface area contributed by atoms with Crippen LogP contribution in [-0.4, -0.2) is 18.5 Å². The van der Waals surface area contributed by atoms with Gasteiger partial charge in [-0.05, 0) is 42.8 Å². The van der Waals surface area contributed by atoms with Gasteiger partial charge in [0.05, 0.1) is 17.9 Å². The monoisotopic (exact) mass is 313 g/mol. The van der Waals surface area contributed by atoms with E-state index in [-0.39, 0.29) is 18.0 Å². The van der Waals surface area contributed by atoms with E-state index in [4.69, 9.17) is 4.74 Å². The topological polar surface area (TPSA) is 55.4 Å². The van der Waals surface area contributed by atoms with Gasteiger partial charge in [-0.15, -0.1) is 0 Å². The minimum Gasteiger partial charge on any atom is -0.462 e. The van der Waals surface area contributed by atoms with Crippen LogP contribution in [0.3, 0.4) is 0 Å². The van der Waals surface area contributed by atoms with Crippen molar-refractivity contribution in [3.63, 3.8) is 0 Å². The number of rotatable bonds is 5.